The molecule has 0 radical (unpaired) electrons. The standard InChI is InChI=1S/C19H22N7O5PS/c1-21-9-15(17(20)14-6-4-5-7-22-14)24-18(27)16-11-33-19(25-16)13-8-23-26(10-13)12-31-32(28,29-2)30-3/h4-11H,12,20H2,1-3H3,(H,24,27). The van der Waals surface area contributed by atoms with Crippen LogP contribution in [0.15, 0.2) is 52.9 Å². The second-order valence-corrected chi connectivity index (χ2v) is 9.00. The van der Waals surface area contributed by atoms with Gasteiger partial charge in [-0.1, -0.05) is 6.07 Å². The molecule has 12 nitrogen and oxygen atoms in total. The number of pyridine rings is 1. The van der Waals surface area contributed by atoms with Crippen LogP contribution in [0.25, 0.3) is 16.3 Å². The molecule has 0 bridgehead atoms. The van der Waals surface area contributed by atoms with Gasteiger partial charge >= 0.3 is 7.82 Å². The number of amides is 1. The number of aromatic nitrogens is 4. The molecule has 0 aliphatic rings. The van der Waals surface area contributed by atoms with Gasteiger partial charge in [0, 0.05) is 50.8 Å². The molecule has 0 saturated heterocycles. The fourth-order valence-electron chi connectivity index (χ4n) is 2.51. The first-order valence-corrected chi connectivity index (χ1v) is 11.7. The molecule has 0 atom stereocenters. The average molecular weight is 491 g/mol. The molecule has 0 aliphatic carbocycles. The van der Waals surface area contributed by atoms with Crippen LogP contribution in [0.4, 0.5) is 0 Å². The van der Waals surface area contributed by atoms with E-state index in [2.05, 4.69) is 25.4 Å². The molecular formula is C19H22N7O5PS. The predicted octanol–water partition coefficient (Wildman–Crippen LogP) is 2.53. The number of hydrogen-bond acceptors (Lipinski definition) is 11. The normalized spacial score (nSPS) is 12.7. The molecule has 3 N–H and O–H groups in total. The van der Waals surface area contributed by atoms with Gasteiger partial charge in [-0.15, -0.1) is 11.3 Å². The monoisotopic (exact) mass is 491 g/mol. The van der Waals surface area contributed by atoms with E-state index in [0.29, 0.717) is 22.0 Å². The van der Waals surface area contributed by atoms with Crippen molar-refractivity contribution < 1.29 is 22.9 Å². The Labute approximate surface area is 193 Å². The van der Waals surface area contributed by atoms with Gasteiger partial charge in [-0.3, -0.25) is 28.3 Å². The summed E-state index contributed by atoms with van der Waals surface area (Å²) in [5, 5.41) is 9.02. The number of allylic oxidation sites excluding steroid dienone is 1. The number of phosphoric acid groups is 1. The summed E-state index contributed by atoms with van der Waals surface area (Å²) in [5.41, 5.74) is 8.09. The highest BCUT2D eigenvalue weighted by molar-refractivity contribution is 7.48. The van der Waals surface area contributed by atoms with Gasteiger partial charge in [-0.2, -0.15) is 5.10 Å². The summed E-state index contributed by atoms with van der Waals surface area (Å²) in [7, 11) is 0.383. The van der Waals surface area contributed by atoms with Crippen molar-refractivity contribution in [1.29, 1.82) is 0 Å². The zero-order valence-corrected chi connectivity index (χ0v) is 19.7. The van der Waals surface area contributed by atoms with E-state index in [0.717, 1.165) is 0 Å². The first kappa shape index (κ1) is 24.4. The zero-order valence-electron chi connectivity index (χ0n) is 18.0. The lowest BCUT2D eigenvalue weighted by molar-refractivity contribution is 0.0963. The van der Waals surface area contributed by atoms with Crippen molar-refractivity contribution in [2.24, 2.45) is 10.7 Å². The molecule has 3 aromatic rings. The van der Waals surface area contributed by atoms with Gasteiger partial charge in [0.25, 0.3) is 5.91 Å². The van der Waals surface area contributed by atoms with Gasteiger partial charge in [-0.25, -0.2) is 14.2 Å². The number of thiazole rings is 1. The Morgan fingerprint density at radius 3 is 2.79 bits per heavy atom. The molecule has 0 unspecified atom stereocenters. The maximum absolute atomic E-state index is 12.8. The molecule has 3 heterocycles. The second kappa shape index (κ2) is 11.1. The minimum absolute atomic E-state index is 0.158. The number of nitrogens with one attached hydrogen (secondary N) is 1. The van der Waals surface area contributed by atoms with Gasteiger partial charge in [0.1, 0.15) is 10.7 Å². The van der Waals surface area contributed by atoms with E-state index in [4.69, 9.17) is 19.3 Å². The number of aliphatic imine (C=N–C) groups is 1. The minimum Gasteiger partial charge on any atom is -0.395 e. The lowest BCUT2D eigenvalue weighted by Crippen LogP contribution is -2.26. The number of phosphoric ester groups is 1. The average Bonchev–Trinajstić information content (AvgIpc) is 3.52. The van der Waals surface area contributed by atoms with Crippen LogP contribution in [0.1, 0.15) is 16.2 Å². The van der Waals surface area contributed by atoms with Gasteiger partial charge in [0.15, 0.2) is 6.73 Å². The molecule has 174 valence electrons. The van der Waals surface area contributed by atoms with E-state index < -0.39 is 13.7 Å². The quantitative estimate of drug-likeness (QED) is 0.321. The largest absolute Gasteiger partial charge is 0.476 e. The van der Waals surface area contributed by atoms with Crippen LogP contribution in [0.3, 0.4) is 0 Å². The summed E-state index contributed by atoms with van der Waals surface area (Å²) in [6.07, 6.45) is 6.22. The minimum atomic E-state index is -3.62. The number of rotatable bonds is 10. The van der Waals surface area contributed by atoms with Crippen molar-refractivity contribution in [2.75, 3.05) is 21.3 Å². The lowest BCUT2D eigenvalue weighted by atomic mass is 10.2. The molecule has 3 aromatic heterocycles. The number of carbonyl (C=O) groups excluding carboxylic acids is 1. The molecule has 0 spiro atoms. The predicted molar refractivity (Wildman–Crippen MR) is 123 cm³/mol. The lowest BCUT2D eigenvalue weighted by Gasteiger charge is -2.12. The van der Waals surface area contributed by atoms with Crippen molar-refractivity contribution in [3.05, 3.63) is 59.3 Å². The van der Waals surface area contributed by atoms with Crippen LogP contribution >= 0.6 is 19.2 Å². The summed E-state index contributed by atoms with van der Waals surface area (Å²) in [6, 6.07) is 5.28. The van der Waals surface area contributed by atoms with Crippen LogP contribution in [-0.4, -0.2) is 53.1 Å². The smallest absolute Gasteiger partial charge is 0.395 e. The third kappa shape index (κ3) is 6.18. The molecule has 0 aliphatic heterocycles. The third-order valence-electron chi connectivity index (χ3n) is 4.15. The molecule has 33 heavy (non-hydrogen) atoms. The van der Waals surface area contributed by atoms with E-state index in [1.54, 1.807) is 49.2 Å². The summed E-state index contributed by atoms with van der Waals surface area (Å²) in [6.45, 7) is -0.158. The highest BCUT2D eigenvalue weighted by atomic mass is 32.1. The SMILES string of the molecule is CN=CC(NC(=O)c1csc(-c2cnn(COP(=O)(OC)OC)c2)n1)=C(N)c1ccccn1. The fourth-order valence-corrected chi connectivity index (χ4v) is 3.90. The second-order valence-electron chi connectivity index (χ2n) is 6.26. The first-order valence-electron chi connectivity index (χ1n) is 9.38. The van der Waals surface area contributed by atoms with Gasteiger partial charge in [0.2, 0.25) is 0 Å². The molecule has 14 heteroatoms. The van der Waals surface area contributed by atoms with E-state index in [1.807, 2.05) is 0 Å². The Balaban J connectivity index is 1.73. The van der Waals surface area contributed by atoms with E-state index in [-0.39, 0.29) is 18.1 Å². The maximum Gasteiger partial charge on any atom is 0.476 e. The summed E-state index contributed by atoms with van der Waals surface area (Å²) in [5.74, 6) is -0.455. The van der Waals surface area contributed by atoms with Crippen LogP contribution in [0.5, 0.6) is 0 Å². The Hall–Kier alpha value is -3.22. The number of carbonyl (C=O) groups is 1. The van der Waals surface area contributed by atoms with E-state index in [1.165, 1.54) is 36.5 Å². The fraction of sp³-hybridized carbons (Fsp3) is 0.211. The first-order chi connectivity index (χ1) is 15.9. The maximum atomic E-state index is 12.8. The highest BCUT2D eigenvalue weighted by Gasteiger charge is 2.23. The Bertz CT molecular complexity index is 1200. The molecule has 0 saturated carbocycles. The third-order valence-corrected chi connectivity index (χ3v) is 6.37. The molecule has 0 fully saturated rings. The van der Waals surface area contributed by atoms with Gasteiger partial charge < -0.3 is 11.1 Å². The number of nitrogens with two attached hydrogens (primary N) is 1. The molecule has 3 rings (SSSR count). The number of nitrogens with zero attached hydrogens (tertiary/aromatic N) is 5. The van der Waals surface area contributed by atoms with Gasteiger partial charge in [-0.05, 0) is 12.1 Å². The van der Waals surface area contributed by atoms with E-state index in [9.17, 15) is 9.36 Å². The zero-order chi connectivity index (χ0) is 23.8. The molecule has 0 aromatic carbocycles. The van der Waals surface area contributed by atoms with Crippen molar-refractivity contribution in [3.8, 4) is 10.6 Å². The highest BCUT2D eigenvalue weighted by Crippen LogP contribution is 2.47. The topological polar surface area (TPSA) is 156 Å². The Morgan fingerprint density at radius 1 is 1.33 bits per heavy atom. The van der Waals surface area contributed by atoms with E-state index >= 15 is 0 Å². The Kier molecular flexibility index (Phi) is 8.20. The summed E-state index contributed by atoms with van der Waals surface area (Å²) in [4.78, 5) is 25.3. The van der Waals surface area contributed by atoms with Crippen molar-refractivity contribution in [3.63, 3.8) is 0 Å². The van der Waals surface area contributed by atoms with Crippen LogP contribution in [0.2, 0.25) is 0 Å². The van der Waals surface area contributed by atoms with Crippen LogP contribution in [-0.2, 0) is 24.9 Å². The van der Waals surface area contributed by atoms with Gasteiger partial charge in [0.05, 0.1) is 23.3 Å². The van der Waals surface area contributed by atoms with Crippen molar-refractivity contribution in [2.45, 2.75) is 6.73 Å². The van der Waals surface area contributed by atoms with Crippen LogP contribution in [0, 0.1) is 0 Å². The molecule has 1 amide bonds. The number of hydrogen-bond donors (Lipinski definition) is 2. The molecular weight excluding hydrogens is 469 g/mol. The van der Waals surface area contributed by atoms with Crippen molar-refractivity contribution >= 4 is 37.0 Å². The summed E-state index contributed by atoms with van der Waals surface area (Å²) >= 11 is 1.26. The van der Waals surface area contributed by atoms with Crippen molar-refractivity contribution in [1.82, 2.24) is 25.1 Å². The van der Waals surface area contributed by atoms with Crippen LogP contribution < -0.4 is 11.1 Å². The Morgan fingerprint density at radius 2 is 2.12 bits per heavy atom. The summed E-state index contributed by atoms with van der Waals surface area (Å²) < 4.78 is 27.9.